The van der Waals surface area contributed by atoms with Crippen LogP contribution in [0.2, 0.25) is 0 Å². The van der Waals surface area contributed by atoms with E-state index in [1.807, 2.05) is 42.5 Å². The Kier molecular flexibility index (Phi) is 5.88. The molecule has 3 rings (SSSR count). The van der Waals surface area contributed by atoms with E-state index in [2.05, 4.69) is 24.2 Å². The lowest BCUT2D eigenvalue weighted by atomic mass is 10.2. The first-order valence-corrected chi connectivity index (χ1v) is 7.06. The minimum atomic E-state index is 0.529. The van der Waals surface area contributed by atoms with Gasteiger partial charge in [-0.2, -0.15) is 0 Å². The molecule has 22 heavy (non-hydrogen) atoms. The average molecular weight is 290 g/mol. The zero-order valence-electron chi connectivity index (χ0n) is 12.5. The van der Waals surface area contributed by atoms with Gasteiger partial charge in [-0.3, -0.25) is 0 Å². The molecule has 3 aromatic carbocycles. The van der Waals surface area contributed by atoms with Crippen molar-refractivity contribution in [1.82, 2.24) is 0 Å². The van der Waals surface area contributed by atoms with Crippen molar-refractivity contribution in [2.24, 2.45) is 5.11 Å². The molecule has 3 heteroatoms. The van der Waals surface area contributed by atoms with Gasteiger partial charge in [0.15, 0.2) is 0 Å². The number of hydrogen-bond donors (Lipinski definition) is 0. The molecule has 0 saturated carbocycles. The largest absolute Gasteiger partial charge is 0.594 e. The molecule has 3 nitrogen and oxygen atoms in total. The highest BCUT2D eigenvalue weighted by molar-refractivity contribution is 5.35. The fourth-order valence-electron chi connectivity index (χ4n) is 1.75. The van der Waals surface area contributed by atoms with Crippen molar-refractivity contribution in [3.05, 3.63) is 102 Å². The zero-order chi connectivity index (χ0) is 15.6. The summed E-state index contributed by atoms with van der Waals surface area (Å²) in [5, 5.41) is 15.5. The third kappa shape index (κ3) is 5.21. The fraction of sp³-hybridized carbons (Fsp3) is 0.0526. The Morgan fingerprint density at radius 2 is 1.14 bits per heavy atom. The van der Waals surface area contributed by atoms with Gasteiger partial charge in [0.25, 0.3) is 0 Å². The summed E-state index contributed by atoms with van der Waals surface area (Å²) in [4.78, 5) is 0.620. The summed E-state index contributed by atoms with van der Waals surface area (Å²) in [5.41, 5.74) is 2.50. The normalized spacial score (nSPS) is 10.5. The SMILES string of the molecule is Cc1ccccc1.[O-][N+](=Nc1ccccc1)c1ccccc1. The molecule has 0 aliphatic heterocycles. The van der Waals surface area contributed by atoms with E-state index in [9.17, 15) is 5.21 Å². The molecular formula is C19H18N2O. The van der Waals surface area contributed by atoms with Crippen LogP contribution in [0.3, 0.4) is 0 Å². The highest BCUT2D eigenvalue weighted by Crippen LogP contribution is 2.15. The second kappa shape index (κ2) is 8.37. The van der Waals surface area contributed by atoms with Crippen molar-refractivity contribution in [3.8, 4) is 0 Å². The van der Waals surface area contributed by atoms with E-state index in [0.29, 0.717) is 16.2 Å². The van der Waals surface area contributed by atoms with Crippen LogP contribution >= 0.6 is 0 Å². The molecule has 0 bridgehead atoms. The Bertz CT molecular complexity index is 695. The van der Waals surface area contributed by atoms with Gasteiger partial charge in [0.05, 0.1) is 0 Å². The number of nitrogens with zero attached hydrogens (tertiary/aromatic N) is 2. The van der Waals surface area contributed by atoms with E-state index < -0.39 is 0 Å². The summed E-state index contributed by atoms with van der Waals surface area (Å²) < 4.78 is 0. The summed E-state index contributed by atoms with van der Waals surface area (Å²) in [5.74, 6) is 0. The van der Waals surface area contributed by atoms with Crippen LogP contribution in [0, 0.1) is 12.1 Å². The van der Waals surface area contributed by atoms with Gasteiger partial charge in [0.1, 0.15) is 5.69 Å². The Morgan fingerprint density at radius 1 is 0.682 bits per heavy atom. The molecule has 0 fully saturated rings. The van der Waals surface area contributed by atoms with Gasteiger partial charge >= 0.3 is 0 Å². The summed E-state index contributed by atoms with van der Waals surface area (Å²) in [6, 6.07) is 28.3. The van der Waals surface area contributed by atoms with E-state index in [1.54, 1.807) is 36.4 Å². The maximum Gasteiger partial charge on any atom is 0.244 e. The first-order valence-electron chi connectivity index (χ1n) is 7.06. The molecule has 110 valence electrons. The summed E-state index contributed by atoms with van der Waals surface area (Å²) in [6.45, 7) is 2.08. The zero-order valence-corrected chi connectivity index (χ0v) is 12.5. The van der Waals surface area contributed by atoms with Crippen LogP contribution in [-0.4, -0.2) is 4.86 Å². The van der Waals surface area contributed by atoms with Gasteiger partial charge in [0.2, 0.25) is 5.69 Å². The average Bonchev–Trinajstić information content (AvgIpc) is 2.58. The lowest BCUT2D eigenvalue weighted by Crippen LogP contribution is -1.88. The quantitative estimate of drug-likeness (QED) is 0.343. The molecule has 0 aromatic heterocycles. The van der Waals surface area contributed by atoms with E-state index in [-0.39, 0.29) is 0 Å². The molecular weight excluding hydrogens is 272 g/mol. The summed E-state index contributed by atoms with van der Waals surface area (Å²) in [6.07, 6.45) is 0. The number of rotatable bonds is 2. The van der Waals surface area contributed by atoms with Crippen molar-refractivity contribution in [3.63, 3.8) is 0 Å². The molecule has 0 atom stereocenters. The molecule has 0 amide bonds. The van der Waals surface area contributed by atoms with Crippen LogP contribution in [0.5, 0.6) is 0 Å². The second-order valence-electron chi connectivity index (χ2n) is 4.70. The van der Waals surface area contributed by atoms with Crippen LogP contribution in [-0.2, 0) is 0 Å². The highest BCUT2D eigenvalue weighted by atomic mass is 16.5. The summed E-state index contributed by atoms with van der Waals surface area (Å²) >= 11 is 0. The van der Waals surface area contributed by atoms with E-state index in [4.69, 9.17) is 0 Å². The van der Waals surface area contributed by atoms with Gasteiger partial charge < -0.3 is 5.21 Å². The maximum absolute atomic E-state index is 11.6. The Labute approximate surface area is 130 Å². The maximum atomic E-state index is 11.6. The third-order valence-electron chi connectivity index (χ3n) is 2.88. The van der Waals surface area contributed by atoms with E-state index in [1.165, 1.54) is 5.56 Å². The van der Waals surface area contributed by atoms with Gasteiger partial charge in [-0.1, -0.05) is 77.2 Å². The predicted molar refractivity (Wildman–Crippen MR) is 89.4 cm³/mol. The van der Waals surface area contributed by atoms with Crippen LogP contribution in [0.15, 0.2) is 96.1 Å². The molecule has 0 aliphatic carbocycles. The standard InChI is InChI=1S/C12H10N2O.C7H8/c15-14(12-9-5-2-6-10-12)13-11-7-3-1-4-8-11;1-7-5-3-2-4-6-7/h1-10H;2-6H,1H3. The van der Waals surface area contributed by atoms with Crippen molar-refractivity contribution in [2.75, 3.05) is 0 Å². The third-order valence-corrected chi connectivity index (χ3v) is 2.88. The fourth-order valence-corrected chi connectivity index (χ4v) is 1.75. The molecule has 3 aromatic rings. The van der Waals surface area contributed by atoms with Crippen LogP contribution in [0.25, 0.3) is 0 Å². The van der Waals surface area contributed by atoms with Crippen LogP contribution in [0.4, 0.5) is 11.4 Å². The van der Waals surface area contributed by atoms with Gasteiger partial charge in [-0.15, -0.1) is 0 Å². The first kappa shape index (κ1) is 15.4. The molecule has 0 spiro atoms. The minimum absolute atomic E-state index is 0.529. The minimum Gasteiger partial charge on any atom is -0.594 e. The van der Waals surface area contributed by atoms with Gasteiger partial charge in [0, 0.05) is 17.2 Å². The van der Waals surface area contributed by atoms with Crippen molar-refractivity contribution in [2.45, 2.75) is 6.92 Å². The smallest absolute Gasteiger partial charge is 0.244 e. The van der Waals surface area contributed by atoms with E-state index >= 15 is 0 Å². The molecule has 0 radical (unpaired) electrons. The number of aryl methyl sites for hydroxylation is 1. The van der Waals surface area contributed by atoms with Crippen molar-refractivity contribution >= 4 is 11.4 Å². The molecule has 0 aliphatic rings. The molecule has 0 N–H and O–H groups in total. The Morgan fingerprint density at radius 3 is 1.59 bits per heavy atom. The Hall–Kier alpha value is -2.94. The molecule has 0 saturated heterocycles. The van der Waals surface area contributed by atoms with Gasteiger partial charge in [-0.25, -0.2) is 0 Å². The lowest BCUT2D eigenvalue weighted by Gasteiger charge is -1.98. The second-order valence-corrected chi connectivity index (χ2v) is 4.70. The van der Waals surface area contributed by atoms with E-state index in [0.717, 1.165) is 0 Å². The highest BCUT2D eigenvalue weighted by Gasteiger charge is 2.00. The predicted octanol–water partition coefficient (Wildman–Crippen LogP) is 5.61. The number of para-hydroxylation sites is 1. The van der Waals surface area contributed by atoms with Crippen molar-refractivity contribution in [1.29, 1.82) is 0 Å². The van der Waals surface area contributed by atoms with Crippen LogP contribution in [0.1, 0.15) is 5.56 Å². The molecule has 0 heterocycles. The van der Waals surface area contributed by atoms with Crippen molar-refractivity contribution < 1.29 is 4.86 Å². The topological polar surface area (TPSA) is 38.4 Å². The number of azo groups is 1. The number of benzene rings is 3. The lowest BCUT2D eigenvalue weighted by molar-refractivity contribution is -0.435. The summed E-state index contributed by atoms with van der Waals surface area (Å²) in [7, 11) is 0. The first-order chi connectivity index (χ1) is 10.8. The monoisotopic (exact) mass is 290 g/mol. The van der Waals surface area contributed by atoms with Crippen LogP contribution < -0.4 is 0 Å². The number of hydrogen-bond acceptors (Lipinski definition) is 2. The Balaban J connectivity index is 0.000000211. The molecule has 0 unspecified atom stereocenters. The van der Waals surface area contributed by atoms with Gasteiger partial charge in [-0.05, 0) is 19.1 Å².